The number of aryl methyl sites for hydroxylation is 1. The van der Waals surface area contributed by atoms with Crippen LogP contribution < -0.4 is 4.90 Å². The van der Waals surface area contributed by atoms with Crippen LogP contribution in [0.15, 0.2) is 6.33 Å². The molecule has 0 unspecified atom stereocenters. The zero-order chi connectivity index (χ0) is 12.5. The molecule has 0 saturated heterocycles. The van der Waals surface area contributed by atoms with E-state index in [0.717, 1.165) is 47.6 Å². The van der Waals surface area contributed by atoms with Crippen molar-refractivity contribution in [1.29, 1.82) is 0 Å². The van der Waals surface area contributed by atoms with Gasteiger partial charge in [0, 0.05) is 13.1 Å². The second-order valence-electron chi connectivity index (χ2n) is 4.24. The van der Waals surface area contributed by atoms with Gasteiger partial charge in [-0.1, -0.05) is 18.3 Å². The van der Waals surface area contributed by atoms with Crippen molar-refractivity contribution in [2.45, 2.75) is 33.0 Å². The third-order valence-electron chi connectivity index (χ3n) is 3.15. The summed E-state index contributed by atoms with van der Waals surface area (Å²) in [6.45, 7) is 4.67. The van der Waals surface area contributed by atoms with Crippen LogP contribution in [0.4, 0.5) is 5.13 Å². The van der Waals surface area contributed by atoms with Crippen LogP contribution in [-0.4, -0.2) is 31.4 Å². The van der Waals surface area contributed by atoms with Crippen LogP contribution in [0.5, 0.6) is 0 Å². The SMILES string of the molecule is CCc1nc(N2CCn3cnnc3C2)sc1CO. The molecule has 1 N–H and O–H groups in total. The van der Waals surface area contributed by atoms with Crippen molar-refractivity contribution >= 4 is 16.5 Å². The van der Waals surface area contributed by atoms with Gasteiger partial charge in [0.15, 0.2) is 11.0 Å². The summed E-state index contributed by atoms with van der Waals surface area (Å²) in [5.41, 5.74) is 1.00. The molecule has 2 aromatic heterocycles. The van der Waals surface area contributed by atoms with Gasteiger partial charge >= 0.3 is 0 Å². The van der Waals surface area contributed by atoms with E-state index in [0.29, 0.717) is 0 Å². The van der Waals surface area contributed by atoms with Gasteiger partial charge in [0.25, 0.3) is 0 Å². The summed E-state index contributed by atoms with van der Waals surface area (Å²) >= 11 is 1.58. The summed E-state index contributed by atoms with van der Waals surface area (Å²) in [6.07, 6.45) is 2.63. The molecule has 0 radical (unpaired) electrons. The number of anilines is 1. The molecule has 2 aromatic rings. The minimum atomic E-state index is 0.0743. The van der Waals surface area contributed by atoms with E-state index in [2.05, 4.69) is 31.6 Å². The van der Waals surface area contributed by atoms with E-state index < -0.39 is 0 Å². The number of nitrogens with zero attached hydrogens (tertiary/aromatic N) is 5. The molecule has 18 heavy (non-hydrogen) atoms. The van der Waals surface area contributed by atoms with E-state index in [-0.39, 0.29) is 6.61 Å². The summed E-state index contributed by atoms with van der Waals surface area (Å²) in [6, 6.07) is 0. The predicted molar refractivity (Wildman–Crippen MR) is 68.5 cm³/mol. The molecule has 1 aliphatic rings. The largest absolute Gasteiger partial charge is 0.391 e. The van der Waals surface area contributed by atoms with Crippen molar-refractivity contribution in [3.05, 3.63) is 22.7 Å². The normalized spacial score (nSPS) is 14.9. The van der Waals surface area contributed by atoms with E-state index in [1.807, 2.05) is 0 Å². The average Bonchev–Trinajstić information content (AvgIpc) is 3.03. The first kappa shape index (κ1) is 11.6. The number of aliphatic hydroxyl groups is 1. The maximum atomic E-state index is 9.31. The number of hydrogen-bond donors (Lipinski definition) is 1. The Morgan fingerprint density at radius 2 is 2.33 bits per heavy atom. The van der Waals surface area contributed by atoms with Gasteiger partial charge in [-0.2, -0.15) is 0 Å². The molecule has 0 atom stereocenters. The lowest BCUT2D eigenvalue weighted by atomic mass is 10.3. The Morgan fingerprint density at radius 1 is 1.44 bits per heavy atom. The summed E-state index contributed by atoms with van der Waals surface area (Å²) in [7, 11) is 0. The highest BCUT2D eigenvalue weighted by Crippen LogP contribution is 2.28. The van der Waals surface area contributed by atoms with Crippen molar-refractivity contribution in [1.82, 2.24) is 19.7 Å². The Morgan fingerprint density at radius 3 is 3.06 bits per heavy atom. The number of thiazole rings is 1. The Hall–Kier alpha value is -1.47. The number of aromatic nitrogens is 4. The molecular weight excluding hydrogens is 250 g/mol. The van der Waals surface area contributed by atoms with Crippen LogP contribution in [0, 0.1) is 0 Å². The standard InChI is InChI=1S/C11H15N5OS/c1-2-8-9(6-17)18-11(13-8)15-3-4-16-7-12-14-10(16)5-15/h7,17H,2-6H2,1H3. The van der Waals surface area contributed by atoms with Gasteiger partial charge < -0.3 is 14.6 Å². The summed E-state index contributed by atoms with van der Waals surface area (Å²) in [5.74, 6) is 0.972. The van der Waals surface area contributed by atoms with Crippen LogP contribution in [0.2, 0.25) is 0 Å². The lowest BCUT2D eigenvalue weighted by Gasteiger charge is -2.26. The van der Waals surface area contributed by atoms with Crippen LogP contribution in [0.25, 0.3) is 0 Å². The number of fused-ring (bicyclic) bond motifs is 1. The minimum Gasteiger partial charge on any atom is -0.391 e. The molecule has 0 saturated carbocycles. The third kappa shape index (κ3) is 1.89. The fraction of sp³-hybridized carbons (Fsp3) is 0.545. The molecule has 0 aromatic carbocycles. The maximum Gasteiger partial charge on any atom is 0.186 e. The van der Waals surface area contributed by atoms with E-state index in [1.54, 1.807) is 17.7 Å². The number of aliphatic hydroxyl groups excluding tert-OH is 1. The molecule has 6 nitrogen and oxygen atoms in total. The first-order valence-corrected chi connectivity index (χ1v) is 6.84. The van der Waals surface area contributed by atoms with Crippen LogP contribution >= 0.6 is 11.3 Å². The Labute approximate surface area is 109 Å². The van der Waals surface area contributed by atoms with Gasteiger partial charge in [-0.25, -0.2) is 4.98 Å². The monoisotopic (exact) mass is 265 g/mol. The summed E-state index contributed by atoms with van der Waals surface area (Å²) in [4.78, 5) is 7.78. The Bertz CT molecular complexity index is 528. The molecule has 7 heteroatoms. The quantitative estimate of drug-likeness (QED) is 0.889. The molecule has 96 valence electrons. The minimum absolute atomic E-state index is 0.0743. The van der Waals surface area contributed by atoms with Gasteiger partial charge in [-0.3, -0.25) is 0 Å². The van der Waals surface area contributed by atoms with E-state index >= 15 is 0 Å². The smallest absolute Gasteiger partial charge is 0.186 e. The van der Waals surface area contributed by atoms with Crippen LogP contribution in [0.3, 0.4) is 0 Å². The molecule has 0 bridgehead atoms. The van der Waals surface area contributed by atoms with Crippen molar-refractivity contribution in [3.8, 4) is 0 Å². The zero-order valence-electron chi connectivity index (χ0n) is 10.2. The molecule has 0 spiro atoms. The average molecular weight is 265 g/mol. The lowest BCUT2D eigenvalue weighted by Crippen LogP contribution is -2.33. The van der Waals surface area contributed by atoms with Gasteiger partial charge in [0.1, 0.15) is 6.33 Å². The van der Waals surface area contributed by atoms with Crippen molar-refractivity contribution in [2.75, 3.05) is 11.4 Å². The van der Waals surface area contributed by atoms with Crippen LogP contribution in [0.1, 0.15) is 23.3 Å². The molecule has 0 amide bonds. The predicted octanol–water partition coefficient (Wildman–Crippen LogP) is 0.809. The fourth-order valence-electron chi connectivity index (χ4n) is 2.13. The van der Waals surface area contributed by atoms with Crippen molar-refractivity contribution in [3.63, 3.8) is 0 Å². The highest BCUT2D eigenvalue weighted by molar-refractivity contribution is 7.15. The summed E-state index contributed by atoms with van der Waals surface area (Å²) in [5, 5.41) is 18.3. The van der Waals surface area contributed by atoms with Gasteiger partial charge in [-0.15, -0.1) is 10.2 Å². The molecule has 0 fully saturated rings. The van der Waals surface area contributed by atoms with Gasteiger partial charge in [-0.05, 0) is 6.42 Å². The van der Waals surface area contributed by atoms with Gasteiger partial charge in [0.05, 0.1) is 23.7 Å². The Kier molecular flexibility index (Phi) is 3.00. The topological polar surface area (TPSA) is 67.1 Å². The van der Waals surface area contributed by atoms with E-state index in [9.17, 15) is 5.11 Å². The van der Waals surface area contributed by atoms with Gasteiger partial charge in [0.2, 0.25) is 0 Å². The molecule has 1 aliphatic heterocycles. The zero-order valence-corrected chi connectivity index (χ0v) is 11.0. The number of hydrogen-bond acceptors (Lipinski definition) is 6. The fourth-order valence-corrected chi connectivity index (χ4v) is 3.17. The van der Waals surface area contributed by atoms with Crippen LogP contribution in [-0.2, 0) is 26.1 Å². The first-order chi connectivity index (χ1) is 8.81. The second kappa shape index (κ2) is 4.66. The second-order valence-corrected chi connectivity index (χ2v) is 5.30. The van der Waals surface area contributed by atoms with Crippen molar-refractivity contribution in [2.24, 2.45) is 0 Å². The lowest BCUT2D eigenvalue weighted by molar-refractivity contribution is 0.284. The highest BCUT2D eigenvalue weighted by atomic mass is 32.1. The highest BCUT2D eigenvalue weighted by Gasteiger charge is 2.21. The van der Waals surface area contributed by atoms with E-state index in [4.69, 9.17) is 0 Å². The first-order valence-electron chi connectivity index (χ1n) is 6.03. The van der Waals surface area contributed by atoms with Crippen molar-refractivity contribution < 1.29 is 5.11 Å². The summed E-state index contributed by atoms with van der Waals surface area (Å²) < 4.78 is 2.07. The molecule has 3 rings (SSSR count). The molecular formula is C11H15N5OS. The van der Waals surface area contributed by atoms with E-state index in [1.165, 1.54) is 0 Å². The molecule has 0 aliphatic carbocycles. The number of rotatable bonds is 3. The third-order valence-corrected chi connectivity index (χ3v) is 4.30. The Balaban J connectivity index is 1.86. The molecule has 3 heterocycles. The maximum absolute atomic E-state index is 9.31.